The monoisotopic (exact) mass is 375 g/mol. The van der Waals surface area contributed by atoms with Gasteiger partial charge in [-0.3, -0.25) is 4.90 Å². The number of rotatable bonds is 4. The van der Waals surface area contributed by atoms with Gasteiger partial charge in [-0.1, -0.05) is 18.2 Å². The van der Waals surface area contributed by atoms with Crippen LogP contribution in [0.25, 0.3) is 10.9 Å². The van der Waals surface area contributed by atoms with E-state index in [1.54, 1.807) is 7.11 Å². The van der Waals surface area contributed by atoms with Crippen LogP contribution in [-0.4, -0.2) is 49.2 Å². The lowest BCUT2D eigenvalue weighted by molar-refractivity contribution is 0.186. The van der Waals surface area contributed by atoms with Gasteiger partial charge in [0.05, 0.1) is 7.11 Å². The van der Waals surface area contributed by atoms with E-state index in [-0.39, 0.29) is 0 Å². The highest BCUT2D eigenvalue weighted by molar-refractivity contribution is 5.83. The van der Waals surface area contributed by atoms with E-state index in [2.05, 4.69) is 69.5 Å². The van der Waals surface area contributed by atoms with Gasteiger partial charge in [0.15, 0.2) is 0 Å². The minimum Gasteiger partial charge on any atom is -0.497 e. The Hall–Kier alpha value is -2.46. The summed E-state index contributed by atoms with van der Waals surface area (Å²) >= 11 is 0. The standard InChI is InChI=1S/C24H29N3O/c1-28-21-10-8-19(9-11-21)26-12-14-27(15-13-26)20-7-6-18(16-20)23-17-25-24-5-3-2-4-22(23)24/h2-5,8-11,17-18,20,25H,6-7,12-16H2,1H3. The summed E-state index contributed by atoms with van der Waals surface area (Å²) in [6, 6.07) is 17.9. The fourth-order valence-corrected chi connectivity index (χ4v) is 5.14. The van der Waals surface area contributed by atoms with Gasteiger partial charge >= 0.3 is 0 Å². The van der Waals surface area contributed by atoms with Gasteiger partial charge in [0, 0.05) is 55.0 Å². The molecule has 0 spiro atoms. The zero-order valence-corrected chi connectivity index (χ0v) is 16.6. The molecule has 1 aliphatic carbocycles. The third-order valence-corrected chi connectivity index (χ3v) is 6.73. The molecule has 5 rings (SSSR count). The van der Waals surface area contributed by atoms with Gasteiger partial charge in [-0.2, -0.15) is 0 Å². The molecule has 146 valence electrons. The van der Waals surface area contributed by atoms with E-state index in [1.807, 2.05) is 0 Å². The zero-order chi connectivity index (χ0) is 18.9. The lowest BCUT2D eigenvalue weighted by Gasteiger charge is -2.39. The molecular weight excluding hydrogens is 346 g/mol. The Morgan fingerprint density at radius 1 is 0.929 bits per heavy atom. The van der Waals surface area contributed by atoms with E-state index in [9.17, 15) is 0 Å². The summed E-state index contributed by atoms with van der Waals surface area (Å²) in [5.74, 6) is 1.62. The van der Waals surface area contributed by atoms with E-state index in [0.29, 0.717) is 5.92 Å². The molecule has 4 heteroatoms. The fraction of sp³-hybridized carbons (Fsp3) is 0.417. The normalized spacial score (nSPS) is 23.4. The number of hydrogen-bond donors (Lipinski definition) is 1. The van der Waals surface area contributed by atoms with Crippen LogP contribution in [0.4, 0.5) is 5.69 Å². The number of ether oxygens (including phenoxy) is 1. The second kappa shape index (κ2) is 7.51. The third kappa shape index (κ3) is 3.26. The summed E-state index contributed by atoms with van der Waals surface area (Å²) in [6.45, 7) is 4.55. The summed E-state index contributed by atoms with van der Waals surface area (Å²) in [4.78, 5) is 8.70. The van der Waals surface area contributed by atoms with Crippen molar-refractivity contribution >= 4 is 16.6 Å². The number of H-pyrrole nitrogens is 1. The number of para-hydroxylation sites is 1. The lowest BCUT2D eigenvalue weighted by atomic mass is 9.97. The van der Waals surface area contributed by atoms with Gasteiger partial charge in [0.2, 0.25) is 0 Å². The molecule has 2 fully saturated rings. The molecule has 1 aromatic heterocycles. The van der Waals surface area contributed by atoms with Gasteiger partial charge in [0.25, 0.3) is 0 Å². The maximum Gasteiger partial charge on any atom is 0.119 e. The molecule has 1 saturated heterocycles. The quantitative estimate of drug-likeness (QED) is 0.721. The Labute approximate surface area is 167 Å². The first-order valence-electron chi connectivity index (χ1n) is 10.5. The number of fused-ring (bicyclic) bond motifs is 1. The van der Waals surface area contributed by atoms with Gasteiger partial charge in [-0.25, -0.2) is 0 Å². The second-order valence-corrected chi connectivity index (χ2v) is 8.17. The van der Waals surface area contributed by atoms with E-state index in [4.69, 9.17) is 4.74 Å². The van der Waals surface area contributed by atoms with Crippen molar-refractivity contribution in [2.24, 2.45) is 0 Å². The number of hydrogen-bond acceptors (Lipinski definition) is 3. The van der Waals surface area contributed by atoms with Crippen molar-refractivity contribution in [1.29, 1.82) is 0 Å². The lowest BCUT2D eigenvalue weighted by Crippen LogP contribution is -2.49. The topological polar surface area (TPSA) is 31.5 Å². The Morgan fingerprint density at radius 3 is 2.50 bits per heavy atom. The number of aromatic nitrogens is 1. The molecule has 0 amide bonds. The van der Waals surface area contributed by atoms with Crippen LogP contribution in [0.1, 0.15) is 30.7 Å². The predicted molar refractivity (Wildman–Crippen MR) is 115 cm³/mol. The number of piperazine rings is 1. The Kier molecular flexibility index (Phi) is 4.73. The van der Waals surface area contributed by atoms with Crippen molar-refractivity contribution in [3.63, 3.8) is 0 Å². The molecule has 2 aromatic carbocycles. The number of nitrogens with zero attached hydrogens (tertiary/aromatic N) is 2. The first-order chi connectivity index (χ1) is 13.8. The number of benzene rings is 2. The van der Waals surface area contributed by atoms with Crippen LogP contribution < -0.4 is 9.64 Å². The number of aromatic amines is 1. The Bertz CT molecular complexity index is 924. The van der Waals surface area contributed by atoms with E-state index >= 15 is 0 Å². The van der Waals surface area contributed by atoms with Crippen LogP contribution in [0.15, 0.2) is 54.7 Å². The van der Waals surface area contributed by atoms with Crippen LogP contribution in [0, 0.1) is 0 Å². The summed E-state index contributed by atoms with van der Waals surface area (Å²) in [7, 11) is 1.72. The first-order valence-corrected chi connectivity index (χ1v) is 10.5. The van der Waals surface area contributed by atoms with Crippen molar-refractivity contribution in [2.45, 2.75) is 31.2 Å². The van der Waals surface area contributed by atoms with E-state index < -0.39 is 0 Å². The highest BCUT2D eigenvalue weighted by Gasteiger charge is 2.32. The molecule has 2 unspecified atom stereocenters. The predicted octanol–water partition coefficient (Wildman–Crippen LogP) is 4.63. The van der Waals surface area contributed by atoms with E-state index in [1.165, 1.54) is 41.4 Å². The summed E-state index contributed by atoms with van der Waals surface area (Å²) in [6.07, 6.45) is 6.18. The smallest absolute Gasteiger partial charge is 0.119 e. The molecule has 2 aliphatic rings. The number of anilines is 1. The average molecular weight is 376 g/mol. The largest absolute Gasteiger partial charge is 0.497 e. The Morgan fingerprint density at radius 2 is 1.71 bits per heavy atom. The third-order valence-electron chi connectivity index (χ3n) is 6.73. The van der Waals surface area contributed by atoms with Gasteiger partial charge in [-0.05, 0) is 61.1 Å². The molecule has 1 aliphatic heterocycles. The highest BCUT2D eigenvalue weighted by Crippen LogP contribution is 2.40. The highest BCUT2D eigenvalue weighted by atomic mass is 16.5. The molecule has 4 nitrogen and oxygen atoms in total. The molecule has 28 heavy (non-hydrogen) atoms. The SMILES string of the molecule is COc1ccc(N2CCN(C3CCC(c4c[nH]c5ccccc45)C3)CC2)cc1. The van der Waals surface area contributed by atoms with Crippen LogP contribution >= 0.6 is 0 Å². The van der Waals surface area contributed by atoms with Crippen molar-refractivity contribution in [3.05, 3.63) is 60.3 Å². The number of nitrogens with one attached hydrogen (secondary N) is 1. The summed E-state index contributed by atoms with van der Waals surface area (Å²) in [5, 5.41) is 1.41. The maximum absolute atomic E-state index is 5.28. The van der Waals surface area contributed by atoms with Crippen LogP contribution in [0.2, 0.25) is 0 Å². The van der Waals surface area contributed by atoms with Crippen molar-refractivity contribution in [2.75, 3.05) is 38.2 Å². The first kappa shape index (κ1) is 17.6. The van der Waals surface area contributed by atoms with Crippen LogP contribution in [0.3, 0.4) is 0 Å². The molecule has 2 heterocycles. The summed E-state index contributed by atoms with van der Waals surface area (Å²) in [5.41, 5.74) is 4.10. The number of methoxy groups -OCH3 is 1. The maximum atomic E-state index is 5.28. The molecule has 1 saturated carbocycles. The van der Waals surface area contributed by atoms with E-state index in [0.717, 1.165) is 38.0 Å². The van der Waals surface area contributed by atoms with Gasteiger partial charge in [-0.15, -0.1) is 0 Å². The van der Waals surface area contributed by atoms with Gasteiger partial charge in [0.1, 0.15) is 5.75 Å². The molecule has 0 bridgehead atoms. The van der Waals surface area contributed by atoms with Gasteiger partial charge < -0.3 is 14.6 Å². The van der Waals surface area contributed by atoms with Crippen LogP contribution in [-0.2, 0) is 0 Å². The molecular formula is C24H29N3O. The zero-order valence-electron chi connectivity index (χ0n) is 16.6. The Balaban J connectivity index is 1.20. The van der Waals surface area contributed by atoms with Crippen molar-refractivity contribution in [3.8, 4) is 5.75 Å². The minimum atomic E-state index is 0.695. The summed E-state index contributed by atoms with van der Waals surface area (Å²) < 4.78 is 5.28. The van der Waals surface area contributed by atoms with Crippen LogP contribution in [0.5, 0.6) is 5.75 Å². The molecule has 2 atom stereocenters. The minimum absolute atomic E-state index is 0.695. The molecule has 3 aromatic rings. The molecule has 1 N–H and O–H groups in total. The second-order valence-electron chi connectivity index (χ2n) is 8.17. The van der Waals surface area contributed by atoms with Crippen molar-refractivity contribution < 1.29 is 4.74 Å². The fourth-order valence-electron chi connectivity index (χ4n) is 5.14. The average Bonchev–Trinajstić information content (AvgIpc) is 3.41. The molecule has 0 radical (unpaired) electrons. The van der Waals surface area contributed by atoms with Crippen molar-refractivity contribution in [1.82, 2.24) is 9.88 Å².